The summed E-state index contributed by atoms with van der Waals surface area (Å²) >= 11 is 0. The van der Waals surface area contributed by atoms with Crippen molar-refractivity contribution in [2.75, 3.05) is 10.6 Å². The van der Waals surface area contributed by atoms with Gasteiger partial charge in [0.1, 0.15) is 6.04 Å². The molecular weight excluding hydrogens is 372 g/mol. The van der Waals surface area contributed by atoms with Gasteiger partial charge >= 0.3 is 12.0 Å². The molecule has 0 unspecified atom stereocenters. The molecule has 0 radical (unpaired) electrons. The first-order valence-corrected chi connectivity index (χ1v) is 8.35. The van der Waals surface area contributed by atoms with E-state index in [2.05, 4.69) is 16.0 Å². The van der Waals surface area contributed by atoms with Crippen LogP contribution < -0.4 is 16.0 Å². The molecule has 0 spiro atoms. The number of anilines is 2. The van der Waals surface area contributed by atoms with Crippen molar-refractivity contribution in [3.63, 3.8) is 0 Å². The molecule has 2 aromatic rings. The Morgan fingerprint density at radius 3 is 2.21 bits per heavy atom. The van der Waals surface area contributed by atoms with Crippen molar-refractivity contribution in [2.24, 2.45) is 0 Å². The standard InChI is InChI=1S/C19H19F2N3O4/c1-11(22-19(27)24-13-6-4-3-5-7-13)18(26)28-12(2)17(25)23-14-8-9-15(20)16(21)10-14/h3-12H,1-2H3,(H,23,25)(H2,22,24,27)/t11-,12-/m0/s1. The van der Waals surface area contributed by atoms with Crippen LogP contribution in [0.2, 0.25) is 0 Å². The molecular formula is C19H19F2N3O4. The van der Waals surface area contributed by atoms with Gasteiger partial charge in [0, 0.05) is 17.4 Å². The van der Waals surface area contributed by atoms with Crippen LogP contribution >= 0.6 is 0 Å². The summed E-state index contributed by atoms with van der Waals surface area (Å²) in [6.07, 6.45) is -1.22. The molecule has 3 amide bonds. The zero-order chi connectivity index (χ0) is 20.7. The summed E-state index contributed by atoms with van der Waals surface area (Å²) in [5.74, 6) is -3.74. The molecule has 3 N–H and O–H groups in total. The molecule has 0 saturated heterocycles. The number of carbonyl (C=O) groups is 3. The topological polar surface area (TPSA) is 96.5 Å². The Labute approximate surface area is 160 Å². The molecule has 0 aliphatic heterocycles. The lowest BCUT2D eigenvalue weighted by molar-refractivity contribution is -0.154. The molecule has 28 heavy (non-hydrogen) atoms. The zero-order valence-corrected chi connectivity index (χ0v) is 15.2. The second-order valence-electron chi connectivity index (χ2n) is 5.88. The molecule has 0 fully saturated rings. The predicted molar refractivity (Wildman–Crippen MR) is 98.6 cm³/mol. The van der Waals surface area contributed by atoms with Gasteiger partial charge in [-0.3, -0.25) is 4.79 Å². The van der Waals surface area contributed by atoms with Crippen LogP contribution in [0, 0.1) is 11.6 Å². The minimum absolute atomic E-state index is 0.0141. The highest BCUT2D eigenvalue weighted by molar-refractivity contribution is 5.96. The summed E-state index contributed by atoms with van der Waals surface area (Å²) in [6, 6.07) is 9.80. The number of nitrogens with one attached hydrogen (secondary N) is 3. The number of halogens is 2. The molecule has 0 aliphatic carbocycles. The van der Waals surface area contributed by atoms with Crippen LogP contribution in [-0.4, -0.2) is 30.1 Å². The van der Waals surface area contributed by atoms with Crippen molar-refractivity contribution in [3.05, 3.63) is 60.2 Å². The highest BCUT2D eigenvalue weighted by Crippen LogP contribution is 2.13. The van der Waals surface area contributed by atoms with E-state index >= 15 is 0 Å². The van der Waals surface area contributed by atoms with Crippen LogP contribution in [0.25, 0.3) is 0 Å². The average Bonchev–Trinajstić information content (AvgIpc) is 2.65. The third-order valence-corrected chi connectivity index (χ3v) is 3.58. The van der Waals surface area contributed by atoms with Gasteiger partial charge < -0.3 is 20.7 Å². The molecule has 7 nitrogen and oxygen atoms in total. The normalized spacial score (nSPS) is 12.4. The van der Waals surface area contributed by atoms with Crippen molar-refractivity contribution in [1.29, 1.82) is 0 Å². The highest BCUT2D eigenvalue weighted by Gasteiger charge is 2.23. The molecule has 2 atom stereocenters. The Kier molecular flexibility index (Phi) is 7.02. The lowest BCUT2D eigenvalue weighted by Crippen LogP contribution is -2.44. The summed E-state index contributed by atoms with van der Waals surface area (Å²) in [5, 5.41) is 7.24. The monoisotopic (exact) mass is 391 g/mol. The summed E-state index contributed by atoms with van der Waals surface area (Å²) < 4.78 is 31.1. The quantitative estimate of drug-likeness (QED) is 0.660. The van der Waals surface area contributed by atoms with Gasteiger partial charge in [-0.25, -0.2) is 18.4 Å². The largest absolute Gasteiger partial charge is 0.451 e. The highest BCUT2D eigenvalue weighted by atomic mass is 19.2. The van der Waals surface area contributed by atoms with Crippen LogP contribution in [0.3, 0.4) is 0 Å². The van der Waals surface area contributed by atoms with Crippen molar-refractivity contribution in [2.45, 2.75) is 26.0 Å². The van der Waals surface area contributed by atoms with E-state index in [1.807, 2.05) is 0 Å². The van der Waals surface area contributed by atoms with Gasteiger partial charge in [0.15, 0.2) is 17.7 Å². The van der Waals surface area contributed by atoms with Crippen molar-refractivity contribution in [3.8, 4) is 0 Å². The van der Waals surface area contributed by atoms with E-state index in [-0.39, 0.29) is 5.69 Å². The number of amides is 3. The van der Waals surface area contributed by atoms with Gasteiger partial charge in [-0.1, -0.05) is 18.2 Å². The number of para-hydroxylation sites is 1. The SMILES string of the molecule is C[C@H](NC(=O)Nc1ccccc1)C(=O)O[C@@H](C)C(=O)Nc1ccc(F)c(F)c1. The Morgan fingerprint density at radius 1 is 0.893 bits per heavy atom. The molecule has 0 bridgehead atoms. The van der Waals surface area contributed by atoms with Gasteiger partial charge in [0.05, 0.1) is 0 Å². The van der Waals surface area contributed by atoms with Crippen LogP contribution in [0.4, 0.5) is 25.0 Å². The number of hydrogen-bond donors (Lipinski definition) is 3. The van der Waals surface area contributed by atoms with Crippen LogP contribution in [0.1, 0.15) is 13.8 Å². The Balaban J connectivity index is 1.83. The minimum Gasteiger partial charge on any atom is -0.451 e. The molecule has 9 heteroatoms. The fourth-order valence-corrected chi connectivity index (χ4v) is 2.09. The molecule has 0 aromatic heterocycles. The number of urea groups is 1. The second-order valence-corrected chi connectivity index (χ2v) is 5.88. The predicted octanol–water partition coefficient (Wildman–Crippen LogP) is 3.05. The fraction of sp³-hybridized carbons (Fsp3) is 0.211. The maximum atomic E-state index is 13.2. The first-order valence-electron chi connectivity index (χ1n) is 8.35. The maximum absolute atomic E-state index is 13.2. The number of carbonyl (C=O) groups excluding carboxylic acids is 3. The third-order valence-electron chi connectivity index (χ3n) is 3.58. The lowest BCUT2D eigenvalue weighted by Gasteiger charge is -2.18. The summed E-state index contributed by atoms with van der Waals surface area (Å²) in [5.41, 5.74) is 0.556. The smallest absolute Gasteiger partial charge is 0.329 e. The van der Waals surface area contributed by atoms with E-state index in [9.17, 15) is 23.2 Å². The Morgan fingerprint density at radius 2 is 1.57 bits per heavy atom. The number of ether oxygens (including phenoxy) is 1. The Bertz CT molecular complexity index is 862. The zero-order valence-electron chi connectivity index (χ0n) is 15.2. The maximum Gasteiger partial charge on any atom is 0.329 e. The number of hydrogen-bond acceptors (Lipinski definition) is 4. The van der Waals surface area contributed by atoms with Crippen LogP contribution in [0.15, 0.2) is 48.5 Å². The number of benzene rings is 2. The van der Waals surface area contributed by atoms with E-state index in [1.165, 1.54) is 19.9 Å². The number of rotatable bonds is 6. The molecule has 2 aromatic carbocycles. The summed E-state index contributed by atoms with van der Waals surface area (Å²) in [6.45, 7) is 2.71. The van der Waals surface area contributed by atoms with Crippen LogP contribution in [-0.2, 0) is 14.3 Å². The first kappa shape index (κ1) is 20.8. The van der Waals surface area contributed by atoms with Gasteiger partial charge in [-0.2, -0.15) is 0 Å². The molecule has 0 heterocycles. The van der Waals surface area contributed by atoms with E-state index in [1.54, 1.807) is 30.3 Å². The molecule has 2 rings (SSSR count). The minimum atomic E-state index is -1.22. The third kappa shape index (κ3) is 6.04. The van der Waals surface area contributed by atoms with Gasteiger partial charge in [0.25, 0.3) is 5.91 Å². The van der Waals surface area contributed by atoms with E-state index < -0.39 is 41.7 Å². The van der Waals surface area contributed by atoms with E-state index in [0.29, 0.717) is 5.69 Å². The van der Waals surface area contributed by atoms with Gasteiger partial charge in [-0.15, -0.1) is 0 Å². The average molecular weight is 391 g/mol. The Hall–Kier alpha value is -3.49. The first-order chi connectivity index (χ1) is 13.3. The molecule has 148 valence electrons. The molecule has 0 aliphatic rings. The van der Waals surface area contributed by atoms with Gasteiger partial charge in [-0.05, 0) is 38.1 Å². The number of esters is 1. The summed E-state index contributed by atoms with van der Waals surface area (Å²) in [4.78, 5) is 35.9. The fourth-order valence-electron chi connectivity index (χ4n) is 2.09. The van der Waals surface area contributed by atoms with Gasteiger partial charge in [0.2, 0.25) is 0 Å². The summed E-state index contributed by atoms with van der Waals surface area (Å²) in [7, 11) is 0. The van der Waals surface area contributed by atoms with Crippen molar-refractivity contribution < 1.29 is 27.9 Å². The lowest BCUT2D eigenvalue weighted by atomic mass is 10.2. The molecule has 0 saturated carbocycles. The van der Waals surface area contributed by atoms with Crippen molar-refractivity contribution in [1.82, 2.24) is 5.32 Å². The van der Waals surface area contributed by atoms with Crippen LogP contribution in [0.5, 0.6) is 0 Å². The van der Waals surface area contributed by atoms with Crippen molar-refractivity contribution >= 4 is 29.3 Å². The van der Waals surface area contributed by atoms with E-state index in [0.717, 1.165) is 12.1 Å². The second kappa shape index (κ2) is 9.45. The van der Waals surface area contributed by atoms with E-state index in [4.69, 9.17) is 4.74 Å².